The number of pyridine rings is 1. The van der Waals surface area contributed by atoms with Gasteiger partial charge in [-0.1, -0.05) is 0 Å². The summed E-state index contributed by atoms with van der Waals surface area (Å²) in [6.07, 6.45) is 3.75. The van der Waals surface area contributed by atoms with Crippen LogP contribution in [0.1, 0.15) is 12.8 Å². The predicted molar refractivity (Wildman–Crippen MR) is 112 cm³/mol. The summed E-state index contributed by atoms with van der Waals surface area (Å²) < 4.78 is 41.3. The quantitative estimate of drug-likeness (QED) is 0.739. The molecule has 2 N–H and O–H groups in total. The molecule has 1 spiro atoms. The van der Waals surface area contributed by atoms with Gasteiger partial charge in [0.1, 0.15) is 5.82 Å². The fraction of sp³-hybridized carbons (Fsp3) is 0.571. The molecule has 170 valence electrons. The Bertz CT molecular complexity index is 1040. The van der Waals surface area contributed by atoms with Gasteiger partial charge in [-0.25, -0.2) is 9.97 Å². The molecule has 32 heavy (non-hydrogen) atoms. The Labute approximate surface area is 183 Å². The molecule has 4 fully saturated rings. The highest BCUT2D eigenvalue weighted by Crippen LogP contribution is 2.40. The first-order valence-electron chi connectivity index (χ1n) is 10.8. The van der Waals surface area contributed by atoms with Crippen LogP contribution >= 0.6 is 0 Å². The summed E-state index contributed by atoms with van der Waals surface area (Å²) in [4.78, 5) is 18.2. The van der Waals surface area contributed by atoms with E-state index < -0.39 is 6.61 Å². The minimum atomic E-state index is -2.99. The lowest BCUT2D eigenvalue weighted by atomic mass is 9.85. The Hall–Kier alpha value is -2.79. The number of hydrogen-bond acceptors (Lipinski definition) is 9. The van der Waals surface area contributed by atoms with Crippen molar-refractivity contribution in [2.45, 2.75) is 31.6 Å². The number of nitrogens with two attached hydrogens (primary N) is 1. The van der Waals surface area contributed by atoms with Crippen molar-refractivity contribution in [1.82, 2.24) is 15.0 Å². The first-order valence-corrected chi connectivity index (χ1v) is 10.8. The summed E-state index contributed by atoms with van der Waals surface area (Å²) in [5, 5.41) is 0. The first-order chi connectivity index (χ1) is 15.5. The third-order valence-corrected chi connectivity index (χ3v) is 6.83. The monoisotopic (exact) mass is 446 g/mol. The SMILES string of the molecule is Nc1ncc(-c2cc(N3C[C@@H]4C[C@H]3CO4)nc(N3CCC4(COC4)C3)n2)cc1OC(F)F. The standard InChI is InChI=1S/C21H24F2N6O3/c22-19(23)32-16-3-12(6-25-18(16)24)15-5-17(29-7-14-4-13(29)8-31-14)27-20(26-15)28-2-1-21(9-28)10-30-11-21/h3,5-6,13-14,19H,1-2,4,7-11H2,(H2,24,25)/t13-,14-/m0/s1. The Morgan fingerprint density at radius 3 is 2.78 bits per heavy atom. The number of hydrogen-bond donors (Lipinski definition) is 1. The predicted octanol–water partition coefficient (Wildman–Crippen LogP) is 1.93. The average molecular weight is 446 g/mol. The zero-order valence-corrected chi connectivity index (χ0v) is 17.4. The van der Waals surface area contributed by atoms with Gasteiger partial charge >= 0.3 is 6.61 Å². The van der Waals surface area contributed by atoms with Gasteiger partial charge in [-0.2, -0.15) is 13.8 Å². The highest BCUT2D eigenvalue weighted by molar-refractivity contribution is 5.68. The number of ether oxygens (including phenoxy) is 3. The number of nitrogens with zero attached hydrogens (tertiary/aromatic N) is 5. The number of aromatic nitrogens is 3. The molecular weight excluding hydrogens is 422 g/mol. The number of halogens is 2. The third-order valence-electron chi connectivity index (χ3n) is 6.83. The van der Waals surface area contributed by atoms with Crippen molar-refractivity contribution in [3.8, 4) is 17.0 Å². The normalized spacial score (nSPS) is 25.7. The molecule has 0 saturated carbocycles. The lowest BCUT2D eigenvalue weighted by Crippen LogP contribution is -2.44. The summed E-state index contributed by atoms with van der Waals surface area (Å²) in [6, 6.07) is 3.61. The third kappa shape index (κ3) is 3.39. The van der Waals surface area contributed by atoms with E-state index in [-0.39, 0.29) is 29.1 Å². The molecule has 2 bridgehead atoms. The number of nitrogen functional groups attached to an aromatic ring is 1. The first kappa shape index (κ1) is 19.9. The fourth-order valence-electron chi connectivity index (χ4n) is 5.06. The van der Waals surface area contributed by atoms with E-state index in [4.69, 9.17) is 25.2 Å². The second-order valence-corrected chi connectivity index (χ2v) is 9.06. The molecule has 0 aromatic carbocycles. The van der Waals surface area contributed by atoms with Crippen LogP contribution in [0.25, 0.3) is 11.3 Å². The second-order valence-electron chi connectivity index (χ2n) is 9.06. The number of rotatable bonds is 5. The molecule has 4 aliphatic heterocycles. The van der Waals surface area contributed by atoms with Crippen molar-refractivity contribution >= 4 is 17.6 Å². The Kier molecular flexibility index (Phi) is 4.58. The molecule has 0 unspecified atom stereocenters. The van der Waals surface area contributed by atoms with E-state index in [0.717, 1.165) is 51.5 Å². The fourth-order valence-corrected chi connectivity index (χ4v) is 5.06. The summed E-state index contributed by atoms with van der Waals surface area (Å²) >= 11 is 0. The van der Waals surface area contributed by atoms with E-state index in [2.05, 4.69) is 19.5 Å². The highest BCUT2D eigenvalue weighted by atomic mass is 19.3. The lowest BCUT2D eigenvalue weighted by molar-refractivity contribution is -0.0985. The number of anilines is 3. The van der Waals surface area contributed by atoms with Crippen LogP contribution < -0.4 is 20.3 Å². The topological polar surface area (TPSA) is 98.9 Å². The maximum Gasteiger partial charge on any atom is 0.387 e. The van der Waals surface area contributed by atoms with Crippen molar-refractivity contribution < 1.29 is 23.0 Å². The van der Waals surface area contributed by atoms with Crippen molar-refractivity contribution in [2.75, 3.05) is 55.0 Å². The summed E-state index contributed by atoms with van der Waals surface area (Å²) in [5.41, 5.74) is 7.04. The number of alkyl halides is 2. The molecule has 2 aromatic rings. The highest BCUT2D eigenvalue weighted by Gasteiger charge is 2.45. The minimum Gasteiger partial charge on any atom is -0.431 e. The van der Waals surface area contributed by atoms with Crippen LogP contribution in [0.3, 0.4) is 0 Å². The van der Waals surface area contributed by atoms with Crippen molar-refractivity contribution in [3.05, 3.63) is 18.3 Å². The lowest BCUT2D eigenvalue weighted by Gasteiger charge is -2.37. The van der Waals surface area contributed by atoms with Crippen LogP contribution in [0.5, 0.6) is 5.75 Å². The molecule has 4 saturated heterocycles. The molecule has 0 radical (unpaired) electrons. The molecule has 0 amide bonds. The maximum absolute atomic E-state index is 12.8. The van der Waals surface area contributed by atoms with E-state index in [9.17, 15) is 8.78 Å². The Morgan fingerprint density at radius 2 is 2.12 bits per heavy atom. The van der Waals surface area contributed by atoms with Crippen molar-refractivity contribution in [2.24, 2.45) is 5.41 Å². The van der Waals surface area contributed by atoms with Gasteiger partial charge < -0.3 is 29.7 Å². The van der Waals surface area contributed by atoms with Gasteiger partial charge in [0.05, 0.1) is 37.7 Å². The molecule has 6 heterocycles. The molecule has 4 aliphatic rings. The van der Waals surface area contributed by atoms with Gasteiger partial charge in [-0.15, -0.1) is 0 Å². The maximum atomic E-state index is 12.8. The van der Waals surface area contributed by atoms with E-state index in [1.807, 2.05) is 6.07 Å². The number of fused-ring (bicyclic) bond motifs is 2. The largest absolute Gasteiger partial charge is 0.431 e. The molecular formula is C21H24F2N6O3. The van der Waals surface area contributed by atoms with Crippen molar-refractivity contribution in [1.29, 1.82) is 0 Å². The molecule has 2 atom stereocenters. The van der Waals surface area contributed by atoms with Crippen LogP contribution in [0.2, 0.25) is 0 Å². The van der Waals surface area contributed by atoms with Gasteiger partial charge in [-0.3, -0.25) is 0 Å². The molecule has 11 heteroatoms. The average Bonchev–Trinajstić information content (AvgIpc) is 3.50. The van der Waals surface area contributed by atoms with Crippen LogP contribution in [-0.4, -0.2) is 73.2 Å². The van der Waals surface area contributed by atoms with E-state index >= 15 is 0 Å². The Morgan fingerprint density at radius 1 is 1.25 bits per heavy atom. The molecule has 0 aliphatic carbocycles. The van der Waals surface area contributed by atoms with Gasteiger partial charge in [-0.05, 0) is 18.9 Å². The van der Waals surface area contributed by atoms with Gasteiger partial charge in [0.2, 0.25) is 5.95 Å². The summed E-state index contributed by atoms with van der Waals surface area (Å²) in [5.74, 6) is 1.17. The molecule has 9 nitrogen and oxygen atoms in total. The van der Waals surface area contributed by atoms with E-state index in [0.29, 0.717) is 23.8 Å². The summed E-state index contributed by atoms with van der Waals surface area (Å²) in [6.45, 7) is 1.68. The van der Waals surface area contributed by atoms with Gasteiger partial charge in [0.25, 0.3) is 0 Å². The molecule has 2 aromatic heterocycles. The zero-order chi connectivity index (χ0) is 21.9. The zero-order valence-electron chi connectivity index (χ0n) is 17.4. The molecule has 6 rings (SSSR count). The van der Waals surface area contributed by atoms with Crippen LogP contribution in [0.15, 0.2) is 18.3 Å². The minimum absolute atomic E-state index is 0.0935. The van der Waals surface area contributed by atoms with Crippen LogP contribution in [0.4, 0.5) is 26.4 Å². The van der Waals surface area contributed by atoms with E-state index in [1.165, 1.54) is 12.3 Å². The number of morpholine rings is 1. The second kappa shape index (κ2) is 7.38. The Balaban J connectivity index is 1.38. The van der Waals surface area contributed by atoms with Crippen LogP contribution in [-0.2, 0) is 9.47 Å². The van der Waals surface area contributed by atoms with Gasteiger partial charge in [0, 0.05) is 42.9 Å². The summed E-state index contributed by atoms with van der Waals surface area (Å²) in [7, 11) is 0. The van der Waals surface area contributed by atoms with Gasteiger partial charge in [0.15, 0.2) is 11.6 Å². The van der Waals surface area contributed by atoms with Crippen molar-refractivity contribution in [3.63, 3.8) is 0 Å². The smallest absolute Gasteiger partial charge is 0.387 e. The van der Waals surface area contributed by atoms with E-state index in [1.54, 1.807) is 0 Å². The van der Waals surface area contributed by atoms with Crippen LogP contribution in [0, 0.1) is 5.41 Å².